The van der Waals surface area contributed by atoms with Gasteiger partial charge in [-0.15, -0.1) is 0 Å². The summed E-state index contributed by atoms with van der Waals surface area (Å²) in [4.78, 5) is 0.0417. The Morgan fingerprint density at radius 2 is 1.94 bits per heavy atom. The fourth-order valence-corrected chi connectivity index (χ4v) is 3.02. The first kappa shape index (κ1) is 14.7. The van der Waals surface area contributed by atoms with Crippen molar-refractivity contribution in [3.8, 4) is 0 Å². The Balaban J connectivity index is 2.76. The molecule has 17 heavy (non-hydrogen) atoms. The SMILES string of the molecule is CCNCCNS(=O)(=O)c1ccc(Cl)cc1Cl. The van der Waals surface area contributed by atoms with Crippen LogP contribution >= 0.6 is 23.2 Å². The average molecular weight is 297 g/mol. The summed E-state index contributed by atoms with van der Waals surface area (Å²) in [6, 6.07) is 4.29. The van der Waals surface area contributed by atoms with Crippen molar-refractivity contribution in [3.63, 3.8) is 0 Å². The smallest absolute Gasteiger partial charge is 0.242 e. The molecule has 0 aliphatic carbocycles. The molecule has 0 saturated heterocycles. The van der Waals surface area contributed by atoms with E-state index < -0.39 is 10.0 Å². The summed E-state index contributed by atoms with van der Waals surface area (Å²) >= 11 is 11.5. The molecule has 2 N–H and O–H groups in total. The van der Waals surface area contributed by atoms with Gasteiger partial charge in [-0.05, 0) is 24.7 Å². The number of benzene rings is 1. The molecule has 1 aromatic rings. The molecule has 1 rings (SSSR count). The van der Waals surface area contributed by atoms with E-state index in [0.29, 0.717) is 18.1 Å². The van der Waals surface area contributed by atoms with Crippen LogP contribution in [0.1, 0.15) is 6.92 Å². The first-order valence-corrected chi connectivity index (χ1v) is 7.36. The maximum atomic E-state index is 11.9. The Labute approximate surface area is 111 Å². The van der Waals surface area contributed by atoms with E-state index in [1.807, 2.05) is 6.92 Å². The maximum absolute atomic E-state index is 11.9. The number of hydrogen-bond acceptors (Lipinski definition) is 3. The zero-order valence-corrected chi connectivity index (χ0v) is 11.7. The third-order valence-corrected chi connectivity index (χ3v) is 4.21. The van der Waals surface area contributed by atoms with Gasteiger partial charge in [0.2, 0.25) is 10.0 Å². The molecule has 0 aliphatic heterocycles. The number of nitrogens with one attached hydrogen (secondary N) is 2. The van der Waals surface area contributed by atoms with Crippen LogP contribution in [0.15, 0.2) is 23.1 Å². The molecule has 0 fully saturated rings. The minimum Gasteiger partial charge on any atom is -0.316 e. The molecule has 0 heterocycles. The second-order valence-electron chi connectivity index (χ2n) is 3.33. The highest BCUT2D eigenvalue weighted by Gasteiger charge is 2.17. The summed E-state index contributed by atoms with van der Waals surface area (Å²) in [5, 5.41) is 3.54. The van der Waals surface area contributed by atoms with E-state index in [1.54, 1.807) is 0 Å². The molecule has 0 bridgehead atoms. The van der Waals surface area contributed by atoms with Crippen LogP contribution in [0, 0.1) is 0 Å². The Morgan fingerprint density at radius 3 is 2.53 bits per heavy atom. The lowest BCUT2D eigenvalue weighted by Gasteiger charge is -2.08. The predicted octanol–water partition coefficient (Wildman–Crippen LogP) is 1.88. The van der Waals surface area contributed by atoms with Gasteiger partial charge in [0.1, 0.15) is 4.90 Å². The van der Waals surface area contributed by atoms with Gasteiger partial charge in [0.15, 0.2) is 0 Å². The third kappa shape index (κ3) is 4.44. The van der Waals surface area contributed by atoms with Crippen molar-refractivity contribution in [3.05, 3.63) is 28.2 Å². The normalized spacial score (nSPS) is 11.7. The minimum atomic E-state index is -3.57. The molecule has 0 saturated carbocycles. The summed E-state index contributed by atoms with van der Waals surface area (Å²) in [7, 11) is -3.57. The monoisotopic (exact) mass is 296 g/mol. The average Bonchev–Trinajstić information content (AvgIpc) is 2.24. The molecule has 7 heteroatoms. The van der Waals surface area contributed by atoms with Gasteiger partial charge in [0, 0.05) is 18.1 Å². The van der Waals surface area contributed by atoms with Crippen molar-refractivity contribution in [1.29, 1.82) is 0 Å². The van der Waals surface area contributed by atoms with E-state index in [1.165, 1.54) is 18.2 Å². The van der Waals surface area contributed by atoms with Crippen molar-refractivity contribution in [1.82, 2.24) is 10.0 Å². The Kier molecular flexibility index (Phi) is 5.69. The van der Waals surface area contributed by atoms with Crippen LogP contribution in [-0.4, -0.2) is 28.1 Å². The number of sulfonamides is 1. The summed E-state index contributed by atoms with van der Waals surface area (Å²) in [6.45, 7) is 3.63. The van der Waals surface area contributed by atoms with Crippen molar-refractivity contribution in [2.75, 3.05) is 19.6 Å². The number of halogens is 2. The molecule has 4 nitrogen and oxygen atoms in total. The van der Waals surface area contributed by atoms with Crippen LogP contribution in [0.4, 0.5) is 0 Å². The van der Waals surface area contributed by atoms with Crippen LogP contribution < -0.4 is 10.0 Å². The van der Waals surface area contributed by atoms with Crippen LogP contribution in [0.2, 0.25) is 10.0 Å². The molecule has 0 aromatic heterocycles. The Bertz CT molecular complexity index is 477. The first-order chi connectivity index (χ1) is 7.97. The first-order valence-electron chi connectivity index (χ1n) is 5.13. The standard InChI is InChI=1S/C10H14Cl2N2O2S/c1-2-13-5-6-14-17(15,16)10-4-3-8(11)7-9(10)12/h3-4,7,13-14H,2,5-6H2,1H3. The molecule has 96 valence electrons. The van der Waals surface area contributed by atoms with Gasteiger partial charge >= 0.3 is 0 Å². The van der Waals surface area contributed by atoms with Crippen LogP contribution in [0.25, 0.3) is 0 Å². The van der Waals surface area contributed by atoms with Gasteiger partial charge in [0.25, 0.3) is 0 Å². The molecule has 0 aliphatic rings. The van der Waals surface area contributed by atoms with Crippen molar-refractivity contribution in [2.45, 2.75) is 11.8 Å². The maximum Gasteiger partial charge on any atom is 0.242 e. The predicted molar refractivity (Wildman–Crippen MR) is 70.2 cm³/mol. The van der Waals surface area contributed by atoms with E-state index in [0.717, 1.165) is 6.54 Å². The lowest BCUT2D eigenvalue weighted by molar-refractivity contribution is 0.577. The van der Waals surface area contributed by atoms with Gasteiger partial charge < -0.3 is 5.32 Å². The Hall–Kier alpha value is -0.330. The highest BCUT2D eigenvalue weighted by atomic mass is 35.5. The zero-order chi connectivity index (χ0) is 12.9. The second kappa shape index (κ2) is 6.56. The Morgan fingerprint density at radius 1 is 1.24 bits per heavy atom. The highest BCUT2D eigenvalue weighted by molar-refractivity contribution is 7.89. The number of likely N-dealkylation sites (N-methyl/N-ethyl adjacent to an activating group) is 1. The van der Waals surface area contributed by atoms with Crippen molar-refractivity contribution in [2.24, 2.45) is 0 Å². The molecule has 0 unspecified atom stereocenters. The fraction of sp³-hybridized carbons (Fsp3) is 0.400. The van der Waals surface area contributed by atoms with E-state index in [9.17, 15) is 8.42 Å². The molecule has 0 spiro atoms. The van der Waals surface area contributed by atoms with Gasteiger partial charge in [-0.25, -0.2) is 13.1 Å². The van der Waals surface area contributed by atoms with Gasteiger partial charge in [-0.3, -0.25) is 0 Å². The topological polar surface area (TPSA) is 58.2 Å². The van der Waals surface area contributed by atoms with E-state index in [-0.39, 0.29) is 9.92 Å². The lowest BCUT2D eigenvalue weighted by atomic mass is 10.4. The lowest BCUT2D eigenvalue weighted by Crippen LogP contribution is -2.31. The largest absolute Gasteiger partial charge is 0.316 e. The number of rotatable bonds is 6. The van der Waals surface area contributed by atoms with Crippen LogP contribution in [-0.2, 0) is 10.0 Å². The summed E-state index contributed by atoms with van der Waals surface area (Å²) in [6.07, 6.45) is 0. The highest BCUT2D eigenvalue weighted by Crippen LogP contribution is 2.24. The van der Waals surface area contributed by atoms with E-state index in [2.05, 4.69) is 10.0 Å². The summed E-state index contributed by atoms with van der Waals surface area (Å²) in [5.74, 6) is 0. The zero-order valence-electron chi connectivity index (χ0n) is 9.33. The summed E-state index contributed by atoms with van der Waals surface area (Å²) < 4.78 is 26.2. The molecule has 0 amide bonds. The molecule has 0 atom stereocenters. The van der Waals surface area contributed by atoms with E-state index in [4.69, 9.17) is 23.2 Å². The molecule has 1 aromatic carbocycles. The molecule has 0 radical (unpaired) electrons. The second-order valence-corrected chi connectivity index (χ2v) is 5.91. The summed E-state index contributed by atoms with van der Waals surface area (Å²) in [5.41, 5.74) is 0. The van der Waals surface area contributed by atoms with E-state index >= 15 is 0 Å². The number of hydrogen-bond donors (Lipinski definition) is 2. The molecular weight excluding hydrogens is 283 g/mol. The minimum absolute atomic E-state index is 0.0417. The van der Waals surface area contributed by atoms with Crippen LogP contribution in [0.3, 0.4) is 0 Å². The third-order valence-electron chi connectivity index (χ3n) is 2.03. The fourth-order valence-electron chi connectivity index (χ4n) is 1.22. The van der Waals surface area contributed by atoms with Crippen molar-refractivity contribution < 1.29 is 8.42 Å². The van der Waals surface area contributed by atoms with Crippen LogP contribution in [0.5, 0.6) is 0 Å². The van der Waals surface area contributed by atoms with Crippen molar-refractivity contribution >= 4 is 33.2 Å². The van der Waals surface area contributed by atoms with Gasteiger partial charge in [0.05, 0.1) is 5.02 Å². The van der Waals surface area contributed by atoms with Gasteiger partial charge in [-0.1, -0.05) is 30.1 Å². The van der Waals surface area contributed by atoms with Gasteiger partial charge in [-0.2, -0.15) is 0 Å². The molecular formula is C10H14Cl2N2O2S. The quantitative estimate of drug-likeness (QED) is 0.788.